The molecule has 0 saturated carbocycles. The van der Waals surface area contributed by atoms with E-state index in [9.17, 15) is 14.7 Å². The summed E-state index contributed by atoms with van der Waals surface area (Å²) in [5, 5.41) is 9.23. The topological polar surface area (TPSA) is 70.8 Å². The van der Waals surface area contributed by atoms with Crippen LogP contribution in [-0.2, 0) is 6.42 Å². The van der Waals surface area contributed by atoms with E-state index in [0.29, 0.717) is 18.7 Å². The third-order valence-corrected chi connectivity index (χ3v) is 4.51. The second-order valence-corrected chi connectivity index (χ2v) is 6.18. The van der Waals surface area contributed by atoms with Crippen LogP contribution in [0.5, 0.6) is 0 Å². The number of carbonyl (C=O) groups excluding carboxylic acids is 1. The van der Waals surface area contributed by atoms with E-state index in [0.717, 1.165) is 24.0 Å². The summed E-state index contributed by atoms with van der Waals surface area (Å²) in [4.78, 5) is 25.9. The number of likely N-dealkylation sites (tertiary alicyclic amines) is 1. The van der Waals surface area contributed by atoms with Crippen LogP contribution in [0.4, 0.5) is 0 Å². The van der Waals surface area contributed by atoms with Crippen LogP contribution in [0.2, 0.25) is 0 Å². The fraction of sp³-hybridized carbons (Fsp3) is 0.368. The van der Waals surface area contributed by atoms with Gasteiger partial charge in [-0.15, -0.1) is 0 Å². The molecule has 1 fully saturated rings. The number of carboxylic acid groups (broad SMARTS) is 1. The lowest BCUT2D eigenvalue weighted by atomic mass is 10.0. The van der Waals surface area contributed by atoms with E-state index in [1.807, 2.05) is 32.0 Å². The molecule has 0 spiro atoms. The first kappa shape index (κ1) is 16.3. The molecule has 1 aromatic carbocycles. The van der Waals surface area contributed by atoms with Crippen molar-refractivity contribution in [3.05, 3.63) is 58.5 Å². The molecule has 1 N–H and O–H groups in total. The van der Waals surface area contributed by atoms with Crippen LogP contribution in [0.3, 0.4) is 0 Å². The van der Waals surface area contributed by atoms with Gasteiger partial charge in [0.2, 0.25) is 0 Å². The van der Waals surface area contributed by atoms with Gasteiger partial charge in [-0.3, -0.25) is 4.79 Å². The van der Waals surface area contributed by atoms with Crippen LogP contribution in [-0.4, -0.2) is 28.4 Å². The van der Waals surface area contributed by atoms with Crippen LogP contribution >= 0.6 is 0 Å². The minimum atomic E-state index is -1.06. The molecule has 1 aliphatic rings. The van der Waals surface area contributed by atoms with Gasteiger partial charge in [0.05, 0.1) is 6.04 Å². The zero-order valence-corrected chi connectivity index (χ0v) is 13.9. The summed E-state index contributed by atoms with van der Waals surface area (Å²) >= 11 is 0. The maximum Gasteiger partial charge on any atom is 0.339 e. The highest BCUT2D eigenvalue weighted by Gasteiger charge is 2.33. The Morgan fingerprint density at radius 2 is 2.12 bits per heavy atom. The maximum atomic E-state index is 12.9. The van der Waals surface area contributed by atoms with E-state index < -0.39 is 5.97 Å². The smallest absolute Gasteiger partial charge is 0.339 e. The number of carbonyl (C=O) groups is 2. The second kappa shape index (κ2) is 6.51. The number of aromatic carboxylic acids is 1. The average molecular weight is 327 g/mol. The number of amides is 1. The summed E-state index contributed by atoms with van der Waals surface area (Å²) in [6.07, 6.45) is 2.27. The molecule has 1 atom stereocenters. The monoisotopic (exact) mass is 327 g/mol. The summed E-state index contributed by atoms with van der Waals surface area (Å²) in [7, 11) is 0. The number of carboxylic acids is 1. The molecule has 1 unspecified atom stereocenters. The SMILES string of the molecule is CCc1oc(C(=O)N2CCCC2c2cccc(C)c2)cc1C(=O)O. The van der Waals surface area contributed by atoms with Crippen molar-refractivity contribution in [2.75, 3.05) is 6.54 Å². The highest BCUT2D eigenvalue weighted by Crippen LogP contribution is 2.34. The number of aryl methyl sites for hydroxylation is 2. The standard InChI is InChI=1S/C19H21NO4/c1-3-16-14(19(22)23)11-17(24-16)18(21)20-9-5-8-15(20)13-7-4-6-12(2)10-13/h4,6-7,10-11,15H,3,5,8-9H2,1-2H3,(H,22,23). The Balaban J connectivity index is 1.90. The van der Waals surface area contributed by atoms with Crippen LogP contribution in [0.1, 0.15) is 63.6 Å². The van der Waals surface area contributed by atoms with E-state index in [2.05, 4.69) is 6.07 Å². The molecule has 1 saturated heterocycles. The number of benzene rings is 1. The Bertz CT molecular complexity index is 777. The Labute approximate surface area is 140 Å². The number of furan rings is 1. The zero-order chi connectivity index (χ0) is 17.3. The normalized spacial score (nSPS) is 17.2. The third kappa shape index (κ3) is 2.94. The lowest BCUT2D eigenvalue weighted by Gasteiger charge is -2.24. The van der Waals surface area contributed by atoms with Crippen LogP contribution in [0, 0.1) is 6.92 Å². The molecule has 1 aromatic heterocycles. The van der Waals surface area contributed by atoms with Gasteiger partial charge in [-0.2, -0.15) is 0 Å². The molecule has 1 aliphatic heterocycles. The Morgan fingerprint density at radius 1 is 1.33 bits per heavy atom. The minimum Gasteiger partial charge on any atom is -0.478 e. The zero-order valence-electron chi connectivity index (χ0n) is 13.9. The molecule has 1 amide bonds. The average Bonchev–Trinajstić information content (AvgIpc) is 3.21. The minimum absolute atomic E-state index is 0.0147. The van der Waals surface area contributed by atoms with E-state index >= 15 is 0 Å². The Kier molecular flexibility index (Phi) is 4.42. The molecule has 5 heteroatoms. The van der Waals surface area contributed by atoms with Crippen molar-refractivity contribution >= 4 is 11.9 Å². The van der Waals surface area contributed by atoms with E-state index in [1.165, 1.54) is 6.07 Å². The largest absolute Gasteiger partial charge is 0.478 e. The molecule has 0 bridgehead atoms. The van der Waals surface area contributed by atoms with Crippen molar-refractivity contribution in [2.24, 2.45) is 0 Å². The number of hydrogen-bond acceptors (Lipinski definition) is 3. The highest BCUT2D eigenvalue weighted by atomic mass is 16.4. The van der Waals surface area contributed by atoms with Crippen molar-refractivity contribution in [1.29, 1.82) is 0 Å². The first-order valence-corrected chi connectivity index (χ1v) is 8.24. The summed E-state index contributed by atoms with van der Waals surface area (Å²) in [5.41, 5.74) is 2.35. The molecule has 2 aromatic rings. The van der Waals surface area contributed by atoms with Crippen molar-refractivity contribution in [3.8, 4) is 0 Å². The van der Waals surface area contributed by atoms with E-state index in [-0.39, 0.29) is 23.3 Å². The van der Waals surface area contributed by atoms with Gasteiger partial charge in [-0.05, 0) is 25.3 Å². The fourth-order valence-corrected chi connectivity index (χ4v) is 3.35. The number of rotatable bonds is 4. The van der Waals surface area contributed by atoms with Crippen molar-refractivity contribution in [3.63, 3.8) is 0 Å². The van der Waals surface area contributed by atoms with Gasteiger partial charge in [0.25, 0.3) is 5.91 Å². The van der Waals surface area contributed by atoms with Gasteiger partial charge >= 0.3 is 5.97 Å². The second-order valence-electron chi connectivity index (χ2n) is 6.18. The Hall–Kier alpha value is -2.56. The van der Waals surface area contributed by atoms with Gasteiger partial charge < -0.3 is 14.4 Å². The molecular formula is C19H21NO4. The van der Waals surface area contributed by atoms with Gasteiger partial charge in [-0.25, -0.2) is 4.79 Å². The summed E-state index contributed by atoms with van der Waals surface area (Å²) in [5.74, 6) is -0.839. The first-order chi connectivity index (χ1) is 11.5. The van der Waals surface area contributed by atoms with Crippen molar-refractivity contribution < 1.29 is 19.1 Å². The van der Waals surface area contributed by atoms with E-state index in [4.69, 9.17) is 4.42 Å². The quantitative estimate of drug-likeness (QED) is 0.926. The van der Waals surface area contributed by atoms with Crippen LogP contribution in [0.25, 0.3) is 0 Å². The van der Waals surface area contributed by atoms with Gasteiger partial charge in [0.1, 0.15) is 11.3 Å². The van der Waals surface area contributed by atoms with Crippen LogP contribution in [0.15, 0.2) is 34.7 Å². The summed E-state index contributed by atoms with van der Waals surface area (Å²) in [6.45, 7) is 4.50. The number of nitrogens with zero attached hydrogens (tertiary/aromatic N) is 1. The molecule has 24 heavy (non-hydrogen) atoms. The molecule has 126 valence electrons. The number of hydrogen-bond donors (Lipinski definition) is 1. The predicted octanol–water partition coefficient (Wildman–Crippen LogP) is 3.83. The molecule has 0 aliphatic carbocycles. The van der Waals surface area contributed by atoms with E-state index in [1.54, 1.807) is 4.90 Å². The summed E-state index contributed by atoms with van der Waals surface area (Å²) in [6, 6.07) is 9.53. The third-order valence-electron chi connectivity index (χ3n) is 4.51. The molecule has 3 rings (SSSR count). The molecular weight excluding hydrogens is 306 g/mol. The molecule has 2 heterocycles. The van der Waals surface area contributed by atoms with Gasteiger partial charge in [-0.1, -0.05) is 36.8 Å². The fourth-order valence-electron chi connectivity index (χ4n) is 3.35. The van der Waals surface area contributed by atoms with Crippen molar-refractivity contribution in [1.82, 2.24) is 4.90 Å². The van der Waals surface area contributed by atoms with Gasteiger partial charge in [0.15, 0.2) is 5.76 Å². The highest BCUT2D eigenvalue weighted by molar-refractivity contribution is 5.96. The van der Waals surface area contributed by atoms with Gasteiger partial charge in [0, 0.05) is 19.0 Å². The first-order valence-electron chi connectivity index (χ1n) is 8.24. The maximum absolute atomic E-state index is 12.9. The van der Waals surface area contributed by atoms with Crippen molar-refractivity contribution in [2.45, 2.75) is 39.2 Å². The lowest BCUT2D eigenvalue weighted by Crippen LogP contribution is -2.30. The molecule has 0 radical (unpaired) electrons. The molecule has 5 nitrogen and oxygen atoms in total. The predicted molar refractivity (Wildman–Crippen MR) is 89.2 cm³/mol. The van der Waals surface area contributed by atoms with Crippen LogP contribution < -0.4 is 0 Å². The summed E-state index contributed by atoms with van der Waals surface area (Å²) < 4.78 is 5.54. The lowest BCUT2D eigenvalue weighted by molar-refractivity contribution is 0.0687. The Morgan fingerprint density at radius 3 is 2.75 bits per heavy atom.